The lowest BCUT2D eigenvalue weighted by Crippen LogP contribution is -2.63. The van der Waals surface area contributed by atoms with E-state index in [2.05, 4.69) is 43.4 Å². The number of hydrogen-bond donors (Lipinski definition) is 2. The van der Waals surface area contributed by atoms with E-state index in [1.165, 1.54) is 0 Å². The summed E-state index contributed by atoms with van der Waals surface area (Å²) < 4.78 is 0. The Balaban J connectivity index is 1.49. The Hall–Kier alpha value is -2.76. The molecule has 3 atom stereocenters. The Morgan fingerprint density at radius 3 is 2.60 bits per heavy atom. The van der Waals surface area contributed by atoms with Crippen molar-refractivity contribution in [1.29, 1.82) is 5.26 Å². The van der Waals surface area contributed by atoms with E-state index in [9.17, 15) is 10.1 Å². The number of fused-ring (bicyclic) bond motifs is 1. The number of likely N-dealkylation sites (N-methyl/N-ethyl adjacent to an activating group) is 1. The van der Waals surface area contributed by atoms with Crippen molar-refractivity contribution in [2.45, 2.75) is 38.4 Å². The fourth-order valence-electron chi connectivity index (χ4n) is 4.54. The maximum Gasteiger partial charge on any atom is 0.237 e. The Kier molecular flexibility index (Phi) is 5.84. The summed E-state index contributed by atoms with van der Waals surface area (Å²) in [4.78, 5) is 26.2. The van der Waals surface area contributed by atoms with Gasteiger partial charge in [0.15, 0.2) is 0 Å². The molecule has 3 heterocycles. The van der Waals surface area contributed by atoms with Crippen molar-refractivity contribution in [2.75, 3.05) is 38.1 Å². The van der Waals surface area contributed by atoms with Crippen LogP contribution in [0.2, 0.25) is 0 Å². The second-order valence-electron chi connectivity index (χ2n) is 8.56. The number of likely N-dealkylation sites (tertiary alicyclic amines) is 1. The van der Waals surface area contributed by atoms with E-state index in [0.29, 0.717) is 23.0 Å². The van der Waals surface area contributed by atoms with Crippen LogP contribution in [0.25, 0.3) is 11.0 Å². The molecule has 8 heteroatoms. The van der Waals surface area contributed by atoms with Crippen LogP contribution in [0.15, 0.2) is 24.5 Å². The van der Waals surface area contributed by atoms with E-state index < -0.39 is 0 Å². The van der Waals surface area contributed by atoms with Gasteiger partial charge in [-0.2, -0.15) is 5.26 Å². The normalized spacial score (nSPS) is 23.6. The van der Waals surface area contributed by atoms with Gasteiger partial charge in [-0.15, -0.1) is 0 Å². The van der Waals surface area contributed by atoms with Crippen LogP contribution in [0.4, 0.5) is 5.69 Å². The molecule has 2 aromatic rings. The highest BCUT2D eigenvalue weighted by Gasteiger charge is 2.34. The molecule has 0 spiro atoms. The first kappa shape index (κ1) is 20.5. The predicted octanol–water partition coefficient (Wildman–Crippen LogP) is 1.12. The van der Waals surface area contributed by atoms with Gasteiger partial charge in [0.1, 0.15) is 17.1 Å². The van der Waals surface area contributed by atoms with Gasteiger partial charge in [0.25, 0.3) is 0 Å². The molecular formula is C22H29N7O. The largest absolute Gasteiger partial charge is 0.367 e. The second kappa shape index (κ2) is 8.54. The van der Waals surface area contributed by atoms with Crippen LogP contribution < -0.4 is 15.5 Å². The number of nitriles is 1. The van der Waals surface area contributed by atoms with Gasteiger partial charge in [-0.25, -0.2) is 0 Å². The van der Waals surface area contributed by atoms with Gasteiger partial charge in [-0.05, 0) is 38.4 Å². The molecule has 2 N–H and O–H groups in total. The van der Waals surface area contributed by atoms with Gasteiger partial charge in [-0.3, -0.25) is 19.7 Å². The smallest absolute Gasteiger partial charge is 0.237 e. The quantitative estimate of drug-likeness (QED) is 0.767. The number of nitrogens with one attached hydrogen (secondary N) is 2. The number of rotatable bonds is 5. The monoisotopic (exact) mass is 407 g/mol. The van der Waals surface area contributed by atoms with Crippen molar-refractivity contribution in [3.05, 3.63) is 30.1 Å². The minimum atomic E-state index is -0.123. The third-order valence-electron chi connectivity index (χ3n) is 6.32. The zero-order valence-corrected chi connectivity index (χ0v) is 17.8. The van der Waals surface area contributed by atoms with Crippen molar-refractivity contribution < 1.29 is 4.79 Å². The summed E-state index contributed by atoms with van der Waals surface area (Å²) >= 11 is 0. The van der Waals surface area contributed by atoms with Crippen LogP contribution in [0.3, 0.4) is 0 Å². The van der Waals surface area contributed by atoms with E-state index in [-0.39, 0.29) is 18.0 Å². The molecule has 1 amide bonds. The fraction of sp³-hybridized carbons (Fsp3) is 0.545. The van der Waals surface area contributed by atoms with Crippen molar-refractivity contribution >= 4 is 22.6 Å². The van der Waals surface area contributed by atoms with Crippen LogP contribution in [-0.4, -0.2) is 72.1 Å². The van der Waals surface area contributed by atoms with E-state index in [0.717, 1.165) is 43.8 Å². The first-order chi connectivity index (χ1) is 14.5. The minimum Gasteiger partial charge on any atom is -0.367 e. The third kappa shape index (κ3) is 3.95. The van der Waals surface area contributed by atoms with Crippen LogP contribution in [-0.2, 0) is 4.79 Å². The van der Waals surface area contributed by atoms with E-state index in [4.69, 9.17) is 0 Å². The molecule has 1 unspecified atom stereocenters. The van der Waals surface area contributed by atoms with E-state index in [1.54, 1.807) is 12.4 Å². The molecule has 2 aliphatic heterocycles. The second-order valence-corrected chi connectivity index (χ2v) is 8.56. The molecule has 0 saturated carbocycles. The first-order valence-electron chi connectivity index (χ1n) is 10.6. The Morgan fingerprint density at radius 2 is 1.90 bits per heavy atom. The number of hydrogen-bond acceptors (Lipinski definition) is 7. The van der Waals surface area contributed by atoms with Gasteiger partial charge in [-0.1, -0.05) is 6.92 Å². The number of anilines is 1. The highest BCUT2D eigenvalue weighted by atomic mass is 16.2. The van der Waals surface area contributed by atoms with Crippen molar-refractivity contribution in [3.8, 4) is 6.07 Å². The van der Waals surface area contributed by atoms with Crippen molar-refractivity contribution in [2.24, 2.45) is 5.92 Å². The number of carbonyl (C=O) groups is 1. The number of benzene rings is 1. The lowest BCUT2D eigenvalue weighted by molar-refractivity contribution is -0.128. The molecule has 2 saturated heterocycles. The lowest BCUT2D eigenvalue weighted by atomic mass is 9.94. The van der Waals surface area contributed by atoms with Crippen LogP contribution in [0.1, 0.15) is 25.8 Å². The van der Waals surface area contributed by atoms with E-state index >= 15 is 0 Å². The van der Waals surface area contributed by atoms with E-state index in [1.807, 2.05) is 26.1 Å². The molecule has 0 aliphatic carbocycles. The molecule has 158 valence electrons. The minimum absolute atomic E-state index is 0.0763. The number of aromatic nitrogens is 2. The molecule has 1 aromatic heterocycles. The summed E-state index contributed by atoms with van der Waals surface area (Å²) in [5.41, 5.74) is 2.86. The average Bonchev–Trinajstić information content (AvgIpc) is 2.71. The number of piperidine rings is 1. The number of amides is 1. The topological polar surface area (TPSA) is 97.2 Å². The lowest BCUT2D eigenvalue weighted by Gasteiger charge is -2.43. The Bertz CT molecular complexity index is 966. The zero-order chi connectivity index (χ0) is 21.3. The molecule has 1 aromatic carbocycles. The summed E-state index contributed by atoms with van der Waals surface area (Å²) in [6.07, 6.45) is 4.23. The molecular weight excluding hydrogens is 378 g/mol. The van der Waals surface area contributed by atoms with Gasteiger partial charge in [0, 0.05) is 50.7 Å². The highest BCUT2D eigenvalue weighted by molar-refractivity contribution is 5.92. The summed E-state index contributed by atoms with van der Waals surface area (Å²) in [6.45, 7) is 7.62. The molecule has 8 nitrogen and oxygen atoms in total. The standard InChI is InChI=1S/C22H29N7O/c1-14-8-17(27-22(30)15(2)28-12-18(13-28)24-3)11-29(10-14)19-5-4-16(9-23)20-21(19)26-7-6-25-20/h4-7,14-15,17-18,24H,8,10-13H2,1-3H3,(H,27,30)/t14-,15?,17+/m0/s1. The summed E-state index contributed by atoms with van der Waals surface area (Å²) in [7, 11) is 1.96. The van der Waals surface area contributed by atoms with Gasteiger partial charge >= 0.3 is 0 Å². The van der Waals surface area contributed by atoms with Crippen molar-refractivity contribution in [3.63, 3.8) is 0 Å². The SMILES string of the molecule is CNC1CN(C(C)C(=O)N[C@@H]2C[C@H](C)CN(c3ccc(C#N)c4nccnc34)C2)C1. The summed E-state index contributed by atoms with van der Waals surface area (Å²) in [5, 5.41) is 15.9. The molecule has 4 rings (SSSR count). The Labute approximate surface area is 177 Å². The maximum atomic E-state index is 12.8. The van der Waals surface area contributed by atoms with Crippen LogP contribution >= 0.6 is 0 Å². The molecule has 0 radical (unpaired) electrons. The predicted molar refractivity (Wildman–Crippen MR) is 116 cm³/mol. The zero-order valence-electron chi connectivity index (χ0n) is 17.8. The maximum absolute atomic E-state index is 12.8. The fourth-order valence-corrected chi connectivity index (χ4v) is 4.54. The summed E-state index contributed by atoms with van der Waals surface area (Å²) in [6, 6.07) is 6.39. The number of nitrogens with zero attached hydrogens (tertiary/aromatic N) is 5. The Morgan fingerprint density at radius 1 is 1.17 bits per heavy atom. The number of carbonyl (C=O) groups excluding carboxylic acids is 1. The third-order valence-corrected chi connectivity index (χ3v) is 6.32. The van der Waals surface area contributed by atoms with Crippen LogP contribution in [0.5, 0.6) is 0 Å². The van der Waals surface area contributed by atoms with Gasteiger partial charge < -0.3 is 15.5 Å². The first-order valence-corrected chi connectivity index (χ1v) is 10.6. The molecule has 2 aliphatic rings. The molecule has 30 heavy (non-hydrogen) atoms. The van der Waals surface area contributed by atoms with Crippen LogP contribution in [0, 0.1) is 17.2 Å². The van der Waals surface area contributed by atoms with Crippen molar-refractivity contribution in [1.82, 2.24) is 25.5 Å². The summed E-state index contributed by atoms with van der Waals surface area (Å²) in [5.74, 6) is 0.521. The highest BCUT2D eigenvalue weighted by Crippen LogP contribution is 2.30. The van der Waals surface area contributed by atoms with Gasteiger partial charge in [0.05, 0.1) is 17.3 Å². The average molecular weight is 408 g/mol. The molecule has 2 fully saturated rings. The van der Waals surface area contributed by atoms with Gasteiger partial charge in [0.2, 0.25) is 5.91 Å². The molecule has 0 bridgehead atoms.